The van der Waals surface area contributed by atoms with Crippen LogP contribution in [0, 0.1) is 5.92 Å². The molecule has 8 heteroatoms. The Hall–Kier alpha value is -3.26. The number of methoxy groups -OCH3 is 2. The van der Waals surface area contributed by atoms with Crippen molar-refractivity contribution in [2.24, 2.45) is 18.7 Å². The van der Waals surface area contributed by atoms with Crippen molar-refractivity contribution in [3.63, 3.8) is 0 Å². The normalized spacial score (nSPS) is 19.9. The third-order valence-corrected chi connectivity index (χ3v) is 7.38. The van der Waals surface area contributed by atoms with Gasteiger partial charge in [-0.05, 0) is 55.4 Å². The van der Waals surface area contributed by atoms with Gasteiger partial charge in [-0.1, -0.05) is 19.9 Å². The molecule has 4 rings (SSSR count). The minimum atomic E-state index is -0.118. The molecular formula is C28H39N5O3. The van der Waals surface area contributed by atoms with E-state index >= 15 is 0 Å². The molecule has 0 aliphatic heterocycles. The highest BCUT2D eigenvalue weighted by Crippen LogP contribution is 2.42. The molecule has 0 bridgehead atoms. The molecule has 0 spiro atoms. The zero-order valence-electron chi connectivity index (χ0n) is 22.1. The molecule has 2 heterocycles. The molecule has 0 unspecified atom stereocenters. The van der Waals surface area contributed by atoms with Gasteiger partial charge < -0.3 is 25.1 Å². The molecule has 0 amide bonds. The lowest BCUT2D eigenvalue weighted by Crippen LogP contribution is -2.42. The fourth-order valence-corrected chi connectivity index (χ4v) is 5.31. The molecule has 1 aromatic carbocycles. The summed E-state index contributed by atoms with van der Waals surface area (Å²) in [5.41, 5.74) is 10.1. The summed E-state index contributed by atoms with van der Waals surface area (Å²) >= 11 is 0. The maximum absolute atomic E-state index is 13.3. The van der Waals surface area contributed by atoms with Crippen LogP contribution >= 0.6 is 0 Å². The van der Waals surface area contributed by atoms with Crippen LogP contribution in [0.4, 0.5) is 5.69 Å². The molecule has 1 fully saturated rings. The van der Waals surface area contributed by atoms with E-state index in [-0.39, 0.29) is 17.0 Å². The minimum absolute atomic E-state index is 0.0203. The van der Waals surface area contributed by atoms with Gasteiger partial charge in [-0.3, -0.25) is 9.48 Å². The van der Waals surface area contributed by atoms with Crippen molar-refractivity contribution in [1.82, 2.24) is 14.3 Å². The van der Waals surface area contributed by atoms with Crippen LogP contribution < -0.4 is 26.1 Å². The van der Waals surface area contributed by atoms with E-state index in [1.165, 1.54) is 5.56 Å². The SMILES string of the molecule is COc1ccc([C@]2(CN)CC[C@@H](Nc3cc(-c4cnn(C)c4)cn(CC(C)C)c3=O)CC2)cc1OC. The van der Waals surface area contributed by atoms with Crippen LogP contribution in [-0.4, -0.2) is 41.2 Å². The smallest absolute Gasteiger partial charge is 0.273 e. The van der Waals surface area contributed by atoms with Gasteiger partial charge in [0.25, 0.3) is 5.56 Å². The molecule has 194 valence electrons. The minimum Gasteiger partial charge on any atom is -0.493 e. The summed E-state index contributed by atoms with van der Waals surface area (Å²) in [6.45, 7) is 5.48. The number of hydrogen-bond donors (Lipinski definition) is 2. The number of hydrogen-bond acceptors (Lipinski definition) is 6. The Morgan fingerprint density at radius 2 is 1.83 bits per heavy atom. The standard InChI is InChI=1S/C28H39N5O3/c1-19(2)15-33-17-20(21-14-30-32(3)16-21)12-24(27(33)34)31-23-8-10-28(18-29,11-9-23)22-6-7-25(35-4)26(13-22)36-5/h6-7,12-14,16-17,19,23,31H,8-11,15,18,29H2,1-5H3/t23-,28-. The molecule has 0 radical (unpaired) electrons. The quantitative estimate of drug-likeness (QED) is 0.464. The van der Waals surface area contributed by atoms with Crippen molar-refractivity contribution in [3.8, 4) is 22.6 Å². The number of anilines is 1. The van der Waals surface area contributed by atoms with Crippen molar-refractivity contribution in [1.29, 1.82) is 0 Å². The van der Waals surface area contributed by atoms with E-state index in [0.717, 1.165) is 48.3 Å². The van der Waals surface area contributed by atoms with Crippen molar-refractivity contribution in [3.05, 3.63) is 58.8 Å². The second-order valence-electron chi connectivity index (χ2n) is 10.4. The average Bonchev–Trinajstić information content (AvgIpc) is 3.32. The summed E-state index contributed by atoms with van der Waals surface area (Å²) in [6.07, 6.45) is 9.46. The third kappa shape index (κ3) is 5.28. The van der Waals surface area contributed by atoms with Crippen LogP contribution in [0.15, 0.2) is 47.7 Å². The van der Waals surface area contributed by atoms with Crippen LogP contribution in [0.2, 0.25) is 0 Å². The predicted molar refractivity (Wildman–Crippen MR) is 144 cm³/mol. The number of aromatic nitrogens is 3. The summed E-state index contributed by atoms with van der Waals surface area (Å²) in [7, 11) is 5.20. The van der Waals surface area contributed by atoms with Crippen LogP contribution in [-0.2, 0) is 19.0 Å². The lowest BCUT2D eigenvalue weighted by molar-refractivity contribution is 0.283. The van der Waals surface area contributed by atoms with Crippen molar-refractivity contribution in [2.45, 2.75) is 57.5 Å². The van der Waals surface area contributed by atoms with Crippen LogP contribution in [0.3, 0.4) is 0 Å². The fourth-order valence-electron chi connectivity index (χ4n) is 5.31. The van der Waals surface area contributed by atoms with Gasteiger partial charge in [0.05, 0.1) is 20.4 Å². The van der Waals surface area contributed by atoms with Crippen molar-refractivity contribution in [2.75, 3.05) is 26.1 Å². The molecule has 1 saturated carbocycles. The maximum atomic E-state index is 13.3. The van der Waals surface area contributed by atoms with E-state index in [1.54, 1.807) is 18.9 Å². The number of rotatable bonds is 9. The molecule has 2 aromatic heterocycles. The summed E-state index contributed by atoms with van der Waals surface area (Å²) in [5.74, 6) is 1.80. The Labute approximate surface area is 213 Å². The average molecular weight is 494 g/mol. The molecule has 8 nitrogen and oxygen atoms in total. The second kappa shape index (κ2) is 10.8. The molecule has 1 aliphatic carbocycles. The van der Waals surface area contributed by atoms with E-state index in [1.807, 2.05) is 42.3 Å². The predicted octanol–water partition coefficient (Wildman–Crippen LogP) is 4.17. The van der Waals surface area contributed by atoms with E-state index in [4.69, 9.17) is 15.2 Å². The second-order valence-corrected chi connectivity index (χ2v) is 10.4. The molecular weight excluding hydrogens is 454 g/mol. The summed E-state index contributed by atoms with van der Waals surface area (Å²) in [6, 6.07) is 8.28. The molecule has 0 atom stereocenters. The Balaban J connectivity index is 1.56. The molecule has 0 saturated heterocycles. The van der Waals surface area contributed by atoms with Crippen LogP contribution in [0.25, 0.3) is 11.1 Å². The van der Waals surface area contributed by atoms with Crippen molar-refractivity contribution >= 4 is 5.69 Å². The van der Waals surface area contributed by atoms with Gasteiger partial charge in [0.1, 0.15) is 5.69 Å². The largest absolute Gasteiger partial charge is 0.493 e. The van der Waals surface area contributed by atoms with Gasteiger partial charge in [-0.15, -0.1) is 0 Å². The summed E-state index contributed by atoms with van der Waals surface area (Å²) < 4.78 is 14.6. The molecule has 1 aliphatic rings. The zero-order valence-corrected chi connectivity index (χ0v) is 22.1. The summed E-state index contributed by atoms with van der Waals surface area (Å²) in [5, 5.41) is 7.90. The lowest BCUT2D eigenvalue weighted by atomic mass is 9.68. The molecule has 36 heavy (non-hydrogen) atoms. The monoisotopic (exact) mass is 493 g/mol. The topological polar surface area (TPSA) is 96.3 Å². The van der Waals surface area contributed by atoms with Gasteiger partial charge in [-0.2, -0.15) is 5.10 Å². The number of benzene rings is 1. The van der Waals surface area contributed by atoms with E-state index < -0.39 is 0 Å². The van der Waals surface area contributed by atoms with Crippen LogP contribution in [0.1, 0.15) is 45.1 Å². The van der Waals surface area contributed by atoms with Gasteiger partial charge >= 0.3 is 0 Å². The Morgan fingerprint density at radius 3 is 2.42 bits per heavy atom. The van der Waals surface area contributed by atoms with E-state index in [9.17, 15) is 4.79 Å². The zero-order chi connectivity index (χ0) is 25.9. The first kappa shape index (κ1) is 25.8. The van der Waals surface area contributed by atoms with Crippen LogP contribution in [0.5, 0.6) is 11.5 Å². The van der Waals surface area contributed by atoms with E-state index in [0.29, 0.717) is 24.7 Å². The number of nitrogens with zero attached hydrogens (tertiary/aromatic N) is 3. The van der Waals surface area contributed by atoms with Gasteiger partial charge in [0.15, 0.2) is 11.5 Å². The van der Waals surface area contributed by atoms with Gasteiger partial charge in [0.2, 0.25) is 0 Å². The Bertz CT molecular complexity index is 1240. The lowest BCUT2D eigenvalue weighted by Gasteiger charge is -2.40. The summed E-state index contributed by atoms with van der Waals surface area (Å²) in [4.78, 5) is 13.3. The molecule has 3 aromatic rings. The number of pyridine rings is 1. The van der Waals surface area contributed by atoms with Gasteiger partial charge in [-0.25, -0.2) is 0 Å². The first-order chi connectivity index (χ1) is 17.3. The first-order valence-electron chi connectivity index (χ1n) is 12.7. The highest BCUT2D eigenvalue weighted by molar-refractivity contribution is 5.65. The number of nitrogens with one attached hydrogen (secondary N) is 1. The van der Waals surface area contributed by atoms with Gasteiger partial charge in [0, 0.05) is 55.1 Å². The Morgan fingerprint density at radius 1 is 1.11 bits per heavy atom. The number of ether oxygens (including phenoxy) is 2. The first-order valence-corrected chi connectivity index (χ1v) is 12.7. The van der Waals surface area contributed by atoms with Crippen molar-refractivity contribution < 1.29 is 9.47 Å². The molecule has 3 N–H and O–H groups in total. The number of aryl methyl sites for hydroxylation is 1. The highest BCUT2D eigenvalue weighted by Gasteiger charge is 2.36. The Kier molecular flexibility index (Phi) is 7.73. The number of nitrogens with two attached hydrogens (primary N) is 1. The van der Waals surface area contributed by atoms with E-state index in [2.05, 4.69) is 36.4 Å². The fraction of sp³-hybridized carbons (Fsp3) is 0.500. The maximum Gasteiger partial charge on any atom is 0.273 e. The highest BCUT2D eigenvalue weighted by atomic mass is 16.5. The third-order valence-electron chi connectivity index (χ3n) is 7.38.